The van der Waals surface area contributed by atoms with E-state index in [9.17, 15) is 28.1 Å². The summed E-state index contributed by atoms with van der Waals surface area (Å²) in [5, 5.41) is 14.2. The van der Waals surface area contributed by atoms with Crippen molar-refractivity contribution >= 4 is 50.8 Å². The lowest BCUT2D eigenvalue weighted by Crippen LogP contribution is -2.51. The maximum atomic E-state index is 12.6. The van der Waals surface area contributed by atoms with Gasteiger partial charge in [0, 0.05) is 22.5 Å². The van der Waals surface area contributed by atoms with Crippen LogP contribution in [0, 0.1) is 10.1 Å². The summed E-state index contributed by atoms with van der Waals surface area (Å²) in [6, 6.07) is 6.77. The molecule has 1 amide bonds. The third-order valence-electron chi connectivity index (χ3n) is 4.32. The van der Waals surface area contributed by atoms with E-state index in [1.807, 2.05) is 0 Å². The van der Waals surface area contributed by atoms with E-state index < -0.39 is 49.5 Å². The van der Waals surface area contributed by atoms with E-state index in [0.717, 1.165) is 19.2 Å². The molecule has 0 saturated heterocycles. The number of carbonyl (C=O) groups is 2. The smallest absolute Gasteiger partial charge is 0.328 e. The van der Waals surface area contributed by atoms with E-state index in [4.69, 9.17) is 27.9 Å². The van der Waals surface area contributed by atoms with Gasteiger partial charge in [0.15, 0.2) is 4.90 Å². The third-order valence-corrected chi connectivity index (χ3v) is 6.49. The minimum atomic E-state index is -4.42. The molecule has 0 aliphatic carbocycles. The summed E-state index contributed by atoms with van der Waals surface area (Å²) in [5.74, 6) is -1.63. The van der Waals surface area contributed by atoms with Crippen LogP contribution in [0.15, 0.2) is 47.4 Å². The van der Waals surface area contributed by atoms with Crippen LogP contribution < -0.4 is 10.0 Å². The third kappa shape index (κ3) is 6.39. The monoisotopic (exact) mass is 503 g/mol. The molecule has 0 bridgehead atoms. The van der Waals surface area contributed by atoms with Crippen LogP contribution in [0.5, 0.6) is 0 Å². The molecular weight excluding hydrogens is 485 g/mol. The fraction of sp³-hybridized carbons (Fsp3) is 0.263. The molecule has 0 aliphatic heterocycles. The summed E-state index contributed by atoms with van der Waals surface area (Å²) >= 11 is 12.0. The number of benzene rings is 2. The molecule has 13 heteroatoms. The first kappa shape index (κ1) is 25.5. The molecule has 0 aromatic heterocycles. The molecule has 10 nitrogen and oxygen atoms in total. The van der Waals surface area contributed by atoms with E-state index in [0.29, 0.717) is 10.6 Å². The first-order valence-electron chi connectivity index (χ1n) is 9.04. The first-order chi connectivity index (χ1) is 15.0. The van der Waals surface area contributed by atoms with E-state index in [-0.39, 0.29) is 11.4 Å². The first-order valence-corrected chi connectivity index (χ1v) is 11.3. The lowest BCUT2D eigenvalue weighted by atomic mass is 10.1. The normalized spacial score (nSPS) is 13.1. The Morgan fingerprint density at radius 2 is 1.84 bits per heavy atom. The fourth-order valence-corrected chi connectivity index (χ4v) is 4.59. The SMILES string of the molecule is COC(=O)[C@H](Cc1ccc(Cl)cc1Cl)NC(=O)[C@H](C)NS(=O)(=O)c1ccccc1[N+](=O)[O-]. The summed E-state index contributed by atoms with van der Waals surface area (Å²) in [6.07, 6.45) is -0.0436. The van der Waals surface area contributed by atoms with Crippen molar-refractivity contribution in [2.75, 3.05) is 7.11 Å². The van der Waals surface area contributed by atoms with Crippen molar-refractivity contribution in [3.8, 4) is 0 Å². The molecule has 0 spiro atoms. The minimum Gasteiger partial charge on any atom is -0.467 e. The number of esters is 1. The van der Waals surface area contributed by atoms with Gasteiger partial charge in [-0.05, 0) is 30.7 Å². The highest BCUT2D eigenvalue weighted by molar-refractivity contribution is 7.89. The van der Waals surface area contributed by atoms with Crippen LogP contribution in [-0.2, 0) is 30.8 Å². The number of para-hydroxylation sites is 1. The molecule has 0 heterocycles. The van der Waals surface area contributed by atoms with Gasteiger partial charge in [-0.15, -0.1) is 0 Å². The number of halogens is 2. The summed E-state index contributed by atoms with van der Waals surface area (Å²) in [7, 11) is -3.29. The van der Waals surface area contributed by atoms with Crippen LogP contribution >= 0.6 is 23.2 Å². The van der Waals surface area contributed by atoms with Gasteiger partial charge in [0.25, 0.3) is 5.69 Å². The van der Waals surface area contributed by atoms with Crippen molar-refractivity contribution in [2.45, 2.75) is 30.3 Å². The van der Waals surface area contributed by atoms with E-state index >= 15 is 0 Å². The summed E-state index contributed by atoms with van der Waals surface area (Å²) < 4.78 is 32.0. The molecule has 2 N–H and O–H groups in total. The van der Waals surface area contributed by atoms with Crippen molar-refractivity contribution < 1.29 is 27.7 Å². The van der Waals surface area contributed by atoms with Crippen LogP contribution in [0.2, 0.25) is 10.0 Å². The molecule has 2 atom stereocenters. The molecular formula is C19H19Cl2N3O7S. The molecule has 172 valence electrons. The van der Waals surface area contributed by atoms with Crippen molar-refractivity contribution in [3.05, 3.63) is 68.2 Å². The molecule has 0 saturated carbocycles. The van der Waals surface area contributed by atoms with Gasteiger partial charge in [0.05, 0.1) is 18.1 Å². The Morgan fingerprint density at radius 1 is 1.19 bits per heavy atom. The van der Waals surface area contributed by atoms with Crippen LogP contribution in [-0.4, -0.2) is 44.4 Å². The van der Waals surface area contributed by atoms with Crippen LogP contribution in [0.1, 0.15) is 12.5 Å². The van der Waals surface area contributed by atoms with Crippen LogP contribution in [0.25, 0.3) is 0 Å². The lowest BCUT2D eigenvalue weighted by Gasteiger charge is -2.20. The van der Waals surface area contributed by atoms with Gasteiger partial charge in [-0.2, -0.15) is 4.72 Å². The number of nitrogens with zero attached hydrogens (tertiary/aromatic N) is 1. The zero-order chi connectivity index (χ0) is 24.1. The number of ether oxygens (including phenoxy) is 1. The Balaban J connectivity index is 2.19. The molecule has 32 heavy (non-hydrogen) atoms. The summed E-state index contributed by atoms with van der Waals surface area (Å²) in [5.41, 5.74) is -0.141. The summed E-state index contributed by atoms with van der Waals surface area (Å²) in [4.78, 5) is 34.4. The standard InChI is InChI=1S/C19H19Cl2N3O7S/c1-11(23-32(29,30)17-6-4-3-5-16(17)24(27)28)18(25)22-15(19(26)31-2)9-12-7-8-13(20)10-14(12)21/h3-8,10-11,15,23H,9H2,1-2H3,(H,22,25)/t11-,15-/m0/s1. The van der Waals surface area contributed by atoms with Crippen molar-refractivity contribution in [3.63, 3.8) is 0 Å². The van der Waals surface area contributed by atoms with Gasteiger partial charge in [-0.25, -0.2) is 13.2 Å². The Kier molecular flexibility index (Phi) is 8.56. The Labute approximate surface area is 194 Å². The average Bonchev–Trinajstić information content (AvgIpc) is 2.73. The van der Waals surface area contributed by atoms with Gasteiger partial charge in [0.2, 0.25) is 15.9 Å². The maximum Gasteiger partial charge on any atom is 0.328 e. The van der Waals surface area contributed by atoms with Gasteiger partial charge in [-0.1, -0.05) is 41.4 Å². The van der Waals surface area contributed by atoms with Gasteiger partial charge in [0.1, 0.15) is 6.04 Å². The van der Waals surface area contributed by atoms with E-state index in [1.165, 1.54) is 25.1 Å². The van der Waals surface area contributed by atoms with Crippen molar-refractivity contribution in [1.82, 2.24) is 10.0 Å². The number of amides is 1. The second kappa shape index (κ2) is 10.7. The number of nitro benzene ring substituents is 1. The number of hydrogen-bond donors (Lipinski definition) is 2. The average molecular weight is 504 g/mol. The number of nitrogens with one attached hydrogen (secondary N) is 2. The maximum absolute atomic E-state index is 12.6. The zero-order valence-electron chi connectivity index (χ0n) is 16.9. The van der Waals surface area contributed by atoms with Crippen LogP contribution in [0.3, 0.4) is 0 Å². The Hall–Kier alpha value is -2.73. The zero-order valence-corrected chi connectivity index (χ0v) is 19.2. The van der Waals surface area contributed by atoms with Gasteiger partial charge >= 0.3 is 5.97 Å². The highest BCUT2D eigenvalue weighted by atomic mass is 35.5. The largest absolute Gasteiger partial charge is 0.467 e. The number of methoxy groups -OCH3 is 1. The van der Waals surface area contributed by atoms with Crippen molar-refractivity contribution in [1.29, 1.82) is 0 Å². The minimum absolute atomic E-state index is 0.0436. The van der Waals surface area contributed by atoms with E-state index in [1.54, 1.807) is 12.1 Å². The van der Waals surface area contributed by atoms with E-state index in [2.05, 4.69) is 10.0 Å². The van der Waals surface area contributed by atoms with Crippen LogP contribution in [0.4, 0.5) is 5.69 Å². The molecule has 2 aromatic rings. The molecule has 0 radical (unpaired) electrons. The fourth-order valence-electron chi connectivity index (χ4n) is 2.72. The van der Waals surface area contributed by atoms with Crippen molar-refractivity contribution in [2.24, 2.45) is 0 Å². The molecule has 0 aliphatic rings. The molecule has 2 rings (SSSR count). The topological polar surface area (TPSA) is 145 Å². The summed E-state index contributed by atoms with van der Waals surface area (Å²) in [6.45, 7) is 1.23. The number of carbonyl (C=O) groups excluding carboxylic acids is 2. The Morgan fingerprint density at radius 3 is 2.44 bits per heavy atom. The highest BCUT2D eigenvalue weighted by Gasteiger charge is 2.31. The molecule has 0 unspecified atom stereocenters. The predicted molar refractivity (Wildman–Crippen MR) is 117 cm³/mol. The molecule has 2 aromatic carbocycles. The number of sulfonamides is 1. The van der Waals surface area contributed by atoms with Gasteiger partial charge < -0.3 is 10.1 Å². The van der Waals surface area contributed by atoms with Gasteiger partial charge in [-0.3, -0.25) is 14.9 Å². The molecule has 0 fully saturated rings. The number of nitro groups is 1. The predicted octanol–water partition coefficient (Wildman–Crippen LogP) is 2.47. The quantitative estimate of drug-likeness (QED) is 0.303. The number of hydrogen-bond acceptors (Lipinski definition) is 7. The second-order valence-corrected chi connectivity index (χ2v) is 9.12. The lowest BCUT2D eigenvalue weighted by molar-refractivity contribution is -0.387. The second-order valence-electron chi connectivity index (χ2n) is 6.59. The number of rotatable bonds is 9. The highest BCUT2D eigenvalue weighted by Crippen LogP contribution is 2.24. The Bertz CT molecular complexity index is 1140.